The fourth-order valence-corrected chi connectivity index (χ4v) is 6.11. The molecule has 1 N–H and O–H groups in total. The van der Waals surface area contributed by atoms with Crippen molar-refractivity contribution in [3.05, 3.63) is 34.9 Å². The molecule has 4 aliphatic carbocycles. The first-order valence-electron chi connectivity index (χ1n) is 10.3. The summed E-state index contributed by atoms with van der Waals surface area (Å²) < 4.78 is 5.90. The summed E-state index contributed by atoms with van der Waals surface area (Å²) in [5.41, 5.74) is 0.403. The topological polar surface area (TPSA) is 101 Å². The molecule has 2 amide bonds. The highest BCUT2D eigenvalue weighted by Gasteiger charge is 2.50. The van der Waals surface area contributed by atoms with Gasteiger partial charge in [-0.2, -0.15) is 0 Å². The minimum atomic E-state index is -1.27. The number of carbonyl (C=O) groups is 4. The Morgan fingerprint density at radius 1 is 1.00 bits per heavy atom. The Kier molecular flexibility index (Phi) is 4.05. The molecule has 152 valence electrons. The summed E-state index contributed by atoms with van der Waals surface area (Å²) in [7, 11) is 0. The summed E-state index contributed by atoms with van der Waals surface area (Å²) in [6.07, 6.45) is 5.77. The predicted molar refractivity (Wildman–Crippen MR) is 100 cm³/mol. The molecule has 1 atom stereocenters. The van der Waals surface area contributed by atoms with Crippen LogP contribution in [-0.2, 0) is 9.53 Å². The van der Waals surface area contributed by atoms with Gasteiger partial charge in [0.1, 0.15) is 12.1 Å². The van der Waals surface area contributed by atoms with E-state index in [0.717, 1.165) is 42.4 Å². The second kappa shape index (κ2) is 6.40. The van der Waals surface area contributed by atoms with Gasteiger partial charge in [0.25, 0.3) is 11.8 Å². The van der Waals surface area contributed by atoms with E-state index in [1.807, 2.05) is 0 Å². The van der Waals surface area contributed by atoms with Crippen LogP contribution in [0.25, 0.3) is 0 Å². The standard InChI is InChI=1S/C22H23NO6/c1-10(21(26)27)23-19(24)16-3-2-13(9-17(16)20(23)25)22(28)29-18-14-5-11-4-12(7-14)8-15(18)6-11/h2-3,9-12,14-15,18H,4-8H2,1H3,(H,26,27)/t10-,11?,12?,14?,15?,18?/m0/s1. The SMILES string of the molecule is C[C@@H](C(=O)O)N1C(=O)c2ccc(C(=O)OC3C4CC5CC(C4)CC3C5)cc2C1=O. The van der Waals surface area contributed by atoms with Crippen LogP contribution in [0.4, 0.5) is 0 Å². The highest BCUT2D eigenvalue weighted by atomic mass is 16.5. The van der Waals surface area contributed by atoms with Crippen LogP contribution in [0.5, 0.6) is 0 Å². The first-order chi connectivity index (χ1) is 13.8. The Bertz CT molecular complexity index is 909. The Morgan fingerprint density at radius 3 is 2.17 bits per heavy atom. The van der Waals surface area contributed by atoms with Crippen LogP contribution in [0.15, 0.2) is 18.2 Å². The number of hydrogen-bond donors (Lipinski definition) is 1. The van der Waals surface area contributed by atoms with Gasteiger partial charge in [0.2, 0.25) is 0 Å². The first-order valence-corrected chi connectivity index (χ1v) is 10.3. The summed E-state index contributed by atoms with van der Waals surface area (Å²) >= 11 is 0. The maximum absolute atomic E-state index is 12.8. The fraction of sp³-hybridized carbons (Fsp3) is 0.545. The van der Waals surface area contributed by atoms with Gasteiger partial charge >= 0.3 is 11.9 Å². The Balaban J connectivity index is 1.36. The zero-order chi connectivity index (χ0) is 20.4. The molecule has 0 saturated heterocycles. The molecular weight excluding hydrogens is 374 g/mol. The molecule has 0 aromatic heterocycles. The van der Waals surface area contributed by atoms with E-state index in [-0.39, 0.29) is 22.8 Å². The molecule has 4 fully saturated rings. The van der Waals surface area contributed by atoms with Crippen LogP contribution in [-0.4, -0.2) is 45.9 Å². The van der Waals surface area contributed by atoms with E-state index in [9.17, 15) is 19.2 Å². The Hall–Kier alpha value is -2.70. The van der Waals surface area contributed by atoms with Crippen molar-refractivity contribution < 1.29 is 29.0 Å². The number of carboxylic acids is 1. The van der Waals surface area contributed by atoms with Crippen molar-refractivity contribution in [1.29, 1.82) is 0 Å². The number of esters is 1. The molecule has 0 spiro atoms. The van der Waals surface area contributed by atoms with Gasteiger partial charge in [0.15, 0.2) is 0 Å². The molecular formula is C22H23NO6. The molecule has 4 bridgehead atoms. The van der Waals surface area contributed by atoms with Gasteiger partial charge in [-0.3, -0.25) is 14.5 Å². The van der Waals surface area contributed by atoms with E-state index in [0.29, 0.717) is 11.8 Å². The molecule has 1 heterocycles. The lowest BCUT2D eigenvalue weighted by atomic mass is 9.55. The van der Waals surface area contributed by atoms with Gasteiger partial charge < -0.3 is 9.84 Å². The Labute approximate surface area is 168 Å². The van der Waals surface area contributed by atoms with E-state index in [1.165, 1.54) is 31.5 Å². The number of imide groups is 1. The first kappa shape index (κ1) is 18.3. The smallest absolute Gasteiger partial charge is 0.338 e. The highest BCUT2D eigenvalue weighted by molar-refractivity contribution is 6.23. The van der Waals surface area contributed by atoms with Crippen LogP contribution < -0.4 is 0 Å². The molecule has 0 unspecified atom stereocenters. The minimum Gasteiger partial charge on any atom is -0.480 e. The van der Waals surface area contributed by atoms with Crippen molar-refractivity contribution in [3.8, 4) is 0 Å². The third-order valence-electron chi connectivity index (χ3n) is 7.28. The molecule has 7 heteroatoms. The quantitative estimate of drug-likeness (QED) is 0.619. The molecule has 4 saturated carbocycles. The van der Waals surface area contributed by atoms with Crippen LogP contribution >= 0.6 is 0 Å². The molecule has 1 aromatic carbocycles. The number of ether oxygens (including phenoxy) is 1. The lowest BCUT2D eigenvalue weighted by Gasteiger charge is -2.53. The average molecular weight is 397 g/mol. The molecule has 7 nitrogen and oxygen atoms in total. The molecule has 6 rings (SSSR count). The van der Waals surface area contributed by atoms with Crippen LogP contribution in [0.3, 0.4) is 0 Å². The van der Waals surface area contributed by atoms with Crippen molar-refractivity contribution in [3.63, 3.8) is 0 Å². The Morgan fingerprint density at radius 2 is 1.59 bits per heavy atom. The van der Waals surface area contributed by atoms with Gasteiger partial charge in [-0.15, -0.1) is 0 Å². The van der Waals surface area contributed by atoms with Crippen LogP contribution in [0, 0.1) is 23.7 Å². The third-order valence-corrected chi connectivity index (χ3v) is 7.28. The van der Waals surface area contributed by atoms with Crippen LogP contribution in [0.2, 0.25) is 0 Å². The van der Waals surface area contributed by atoms with Crippen molar-refractivity contribution in [2.24, 2.45) is 23.7 Å². The number of amides is 2. The largest absolute Gasteiger partial charge is 0.480 e. The fourth-order valence-electron chi connectivity index (χ4n) is 6.11. The molecule has 29 heavy (non-hydrogen) atoms. The van der Waals surface area contributed by atoms with E-state index in [4.69, 9.17) is 9.84 Å². The maximum Gasteiger partial charge on any atom is 0.338 e. The van der Waals surface area contributed by atoms with Gasteiger partial charge in [0, 0.05) is 0 Å². The van der Waals surface area contributed by atoms with E-state index >= 15 is 0 Å². The van der Waals surface area contributed by atoms with Crippen molar-refractivity contribution in [2.45, 2.75) is 51.2 Å². The molecule has 5 aliphatic rings. The minimum absolute atomic E-state index is 0.0580. The number of carboxylic acid groups (broad SMARTS) is 1. The van der Waals surface area contributed by atoms with Gasteiger partial charge in [-0.25, -0.2) is 9.59 Å². The second-order valence-corrected chi connectivity index (χ2v) is 9.06. The molecule has 1 aromatic rings. The summed E-state index contributed by atoms with van der Waals surface area (Å²) in [5.74, 6) is -0.669. The van der Waals surface area contributed by atoms with Crippen LogP contribution in [0.1, 0.15) is 70.1 Å². The lowest BCUT2D eigenvalue weighted by Crippen LogP contribution is -2.50. The van der Waals surface area contributed by atoms with E-state index in [1.54, 1.807) is 0 Å². The van der Waals surface area contributed by atoms with Crippen molar-refractivity contribution in [1.82, 2.24) is 4.90 Å². The van der Waals surface area contributed by atoms with E-state index < -0.39 is 29.8 Å². The predicted octanol–water partition coefficient (Wildman–Crippen LogP) is 2.74. The lowest BCUT2D eigenvalue weighted by molar-refractivity contribution is -0.140. The third kappa shape index (κ3) is 2.78. The monoisotopic (exact) mass is 397 g/mol. The number of benzene rings is 1. The number of nitrogens with zero attached hydrogens (tertiary/aromatic N) is 1. The van der Waals surface area contributed by atoms with Gasteiger partial charge in [-0.05, 0) is 80.9 Å². The number of aliphatic carboxylic acids is 1. The normalized spacial score (nSPS) is 33.0. The zero-order valence-corrected chi connectivity index (χ0v) is 16.2. The summed E-state index contributed by atoms with van der Waals surface area (Å²) in [6.45, 7) is 1.28. The maximum atomic E-state index is 12.8. The summed E-state index contributed by atoms with van der Waals surface area (Å²) in [6, 6.07) is 2.99. The highest BCUT2D eigenvalue weighted by Crippen LogP contribution is 2.54. The van der Waals surface area contributed by atoms with Crippen molar-refractivity contribution >= 4 is 23.8 Å². The average Bonchev–Trinajstić information content (AvgIpc) is 2.93. The molecule has 0 radical (unpaired) electrons. The number of rotatable bonds is 4. The second-order valence-electron chi connectivity index (χ2n) is 9.06. The number of hydrogen-bond acceptors (Lipinski definition) is 5. The summed E-state index contributed by atoms with van der Waals surface area (Å²) in [5, 5.41) is 9.16. The zero-order valence-electron chi connectivity index (χ0n) is 16.2. The molecule has 1 aliphatic heterocycles. The van der Waals surface area contributed by atoms with Gasteiger partial charge in [0.05, 0.1) is 16.7 Å². The van der Waals surface area contributed by atoms with Crippen molar-refractivity contribution in [2.75, 3.05) is 0 Å². The number of fused-ring (bicyclic) bond motifs is 1. The van der Waals surface area contributed by atoms with E-state index in [2.05, 4.69) is 0 Å². The summed E-state index contributed by atoms with van der Waals surface area (Å²) in [4.78, 5) is 49.8. The number of carbonyl (C=O) groups excluding carboxylic acids is 3. The van der Waals surface area contributed by atoms with Gasteiger partial charge in [-0.1, -0.05) is 0 Å².